The van der Waals surface area contributed by atoms with Crippen LogP contribution in [0.2, 0.25) is 0 Å². The van der Waals surface area contributed by atoms with Crippen LogP contribution in [0.1, 0.15) is 73.7 Å². The van der Waals surface area contributed by atoms with Crippen LogP contribution >= 0.6 is 0 Å². The van der Waals surface area contributed by atoms with Gasteiger partial charge in [0, 0.05) is 0 Å². The standard InChI is InChI=1S/C24H27F3O2/c1-3-13-4-5-15-11-16(7-6-14(15)10-13)19-12-17-8-9-18(24(28)29-2)21(25)20(17)23(27)22(19)26/h8-9,12-16H,3-7,10-11H2,1-2H3. The lowest BCUT2D eigenvalue weighted by molar-refractivity contribution is 0.0596. The molecular weight excluding hydrogens is 377 g/mol. The van der Waals surface area contributed by atoms with Crippen molar-refractivity contribution in [2.24, 2.45) is 17.8 Å². The first-order valence-corrected chi connectivity index (χ1v) is 10.6. The highest BCUT2D eigenvalue weighted by Gasteiger charge is 2.37. The van der Waals surface area contributed by atoms with Gasteiger partial charge in [-0.05, 0) is 78.9 Å². The number of benzene rings is 2. The minimum Gasteiger partial charge on any atom is -0.465 e. The van der Waals surface area contributed by atoms with E-state index in [-0.39, 0.29) is 16.9 Å². The first-order valence-electron chi connectivity index (χ1n) is 10.6. The third kappa shape index (κ3) is 3.53. The van der Waals surface area contributed by atoms with Gasteiger partial charge in [-0.3, -0.25) is 0 Å². The van der Waals surface area contributed by atoms with E-state index in [1.165, 1.54) is 31.4 Å². The predicted octanol–water partition coefficient (Wildman–Crippen LogP) is 6.75. The highest BCUT2D eigenvalue weighted by molar-refractivity contribution is 5.96. The molecule has 2 saturated carbocycles. The van der Waals surface area contributed by atoms with Gasteiger partial charge < -0.3 is 4.74 Å². The molecule has 4 unspecified atom stereocenters. The van der Waals surface area contributed by atoms with E-state index in [9.17, 15) is 18.0 Å². The predicted molar refractivity (Wildman–Crippen MR) is 106 cm³/mol. The summed E-state index contributed by atoms with van der Waals surface area (Å²) in [5.41, 5.74) is -0.0458. The van der Waals surface area contributed by atoms with E-state index in [4.69, 9.17) is 0 Å². The van der Waals surface area contributed by atoms with Gasteiger partial charge in [0.25, 0.3) is 0 Å². The molecule has 156 valence electrons. The number of hydrogen-bond acceptors (Lipinski definition) is 2. The maximum absolute atomic E-state index is 15.0. The number of ether oxygens (including phenoxy) is 1. The largest absolute Gasteiger partial charge is 0.465 e. The smallest absolute Gasteiger partial charge is 0.340 e. The van der Waals surface area contributed by atoms with Crippen molar-refractivity contribution in [2.75, 3.05) is 7.11 Å². The molecule has 2 aliphatic carbocycles. The summed E-state index contributed by atoms with van der Waals surface area (Å²) in [7, 11) is 1.12. The molecule has 0 amide bonds. The number of rotatable bonds is 3. The molecule has 0 N–H and O–H groups in total. The molecule has 2 aliphatic rings. The Labute approximate surface area is 169 Å². The van der Waals surface area contributed by atoms with Crippen LogP contribution in [-0.2, 0) is 4.74 Å². The maximum Gasteiger partial charge on any atom is 0.340 e. The van der Waals surface area contributed by atoms with Gasteiger partial charge in [0.15, 0.2) is 11.6 Å². The third-order valence-corrected chi connectivity index (χ3v) is 7.29. The molecule has 0 aromatic heterocycles. The molecule has 0 spiro atoms. The molecule has 2 aromatic carbocycles. The minimum atomic E-state index is -1.21. The fourth-order valence-electron chi connectivity index (χ4n) is 5.61. The molecular formula is C24H27F3O2. The number of methoxy groups -OCH3 is 1. The van der Waals surface area contributed by atoms with Crippen LogP contribution in [-0.4, -0.2) is 13.1 Å². The SMILES string of the molecule is CCC1CCC2CC(c3cc4ccc(C(=O)OC)c(F)c4c(F)c3F)CCC2C1. The van der Waals surface area contributed by atoms with Crippen molar-refractivity contribution in [3.63, 3.8) is 0 Å². The highest BCUT2D eigenvalue weighted by atomic mass is 19.2. The maximum atomic E-state index is 15.0. The van der Waals surface area contributed by atoms with Crippen LogP contribution in [0.3, 0.4) is 0 Å². The summed E-state index contributed by atoms with van der Waals surface area (Å²) in [6.45, 7) is 2.24. The zero-order valence-electron chi connectivity index (χ0n) is 16.9. The van der Waals surface area contributed by atoms with Crippen molar-refractivity contribution in [1.82, 2.24) is 0 Å². The van der Waals surface area contributed by atoms with E-state index in [1.54, 1.807) is 6.07 Å². The average Bonchev–Trinajstić information content (AvgIpc) is 2.74. The van der Waals surface area contributed by atoms with E-state index < -0.39 is 28.8 Å². The minimum absolute atomic E-state index is 0.0447. The Morgan fingerprint density at radius 2 is 1.72 bits per heavy atom. The van der Waals surface area contributed by atoms with Crippen LogP contribution in [0.4, 0.5) is 13.2 Å². The molecule has 4 rings (SSSR count). The van der Waals surface area contributed by atoms with E-state index >= 15 is 0 Å². The lowest BCUT2D eigenvalue weighted by atomic mass is 9.63. The average molecular weight is 404 g/mol. The van der Waals surface area contributed by atoms with Crippen molar-refractivity contribution in [1.29, 1.82) is 0 Å². The lowest BCUT2D eigenvalue weighted by Gasteiger charge is -2.42. The zero-order valence-corrected chi connectivity index (χ0v) is 16.9. The van der Waals surface area contributed by atoms with Crippen molar-refractivity contribution in [2.45, 2.75) is 57.8 Å². The second kappa shape index (κ2) is 8.00. The topological polar surface area (TPSA) is 26.3 Å². The van der Waals surface area contributed by atoms with Crippen LogP contribution in [0.15, 0.2) is 18.2 Å². The summed E-state index contributed by atoms with van der Waals surface area (Å²) >= 11 is 0. The highest BCUT2D eigenvalue weighted by Crippen LogP contribution is 2.49. The number of carbonyl (C=O) groups excluding carboxylic acids is 1. The van der Waals surface area contributed by atoms with Gasteiger partial charge in [-0.1, -0.05) is 25.8 Å². The van der Waals surface area contributed by atoms with Gasteiger partial charge in [-0.2, -0.15) is 0 Å². The summed E-state index contributed by atoms with van der Waals surface area (Å²) in [4.78, 5) is 11.7. The molecule has 4 atom stereocenters. The van der Waals surface area contributed by atoms with Crippen molar-refractivity contribution in [3.05, 3.63) is 46.8 Å². The zero-order chi connectivity index (χ0) is 20.7. The van der Waals surface area contributed by atoms with Gasteiger partial charge in [0.05, 0.1) is 18.1 Å². The lowest BCUT2D eigenvalue weighted by Crippen LogP contribution is -2.30. The monoisotopic (exact) mass is 404 g/mol. The fraction of sp³-hybridized carbons (Fsp3) is 0.542. The summed E-state index contributed by atoms with van der Waals surface area (Å²) in [5, 5.41) is -0.202. The Morgan fingerprint density at radius 1 is 1.00 bits per heavy atom. The Kier molecular flexibility index (Phi) is 5.58. The van der Waals surface area contributed by atoms with Gasteiger partial charge >= 0.3 is 5.97 Å². The van der Waals surface area contributed by atoms with Crippen LogP contribution in [0.25, 0.3) is 10.8 Å². The van der Waals surface area contributed by atoms with Crippen molar-refractivity contribution in [3.8, 4) is 0 Å². The Hall–Kier alpha value is -2.04. The number of fused-ring (bicyclic) bond motifs is 2. The first-order chi connectivity index (χ1) is 13.9. The third-order valence-electron chi connectivity index (χ3n) is 7.29. The van der Waals surface area contributed by atoms with Gasteiger partial charge in [0.2, 0.25) is 0 Å². The Morgan fingerprint density at radius 3 is 2.45 bits per heavy atom. The summed E-state index contributed by atoms with van der Waals surface area (Å²) in [6.07, 6.45) is 7.60. The quantitative estimate of drug-likeness (QED) is 0.529. The summed E-state index contributed by atoms with van der Waals surface area (Å²) < 4.78 is 49.1. The molecule has 29 heavy (non-hydrogen) atoms. The molecule has 0 heterocycles. The molecule has 0 saturated heterocycles. The number of esters is 1. The first kappa shape index (κ1) is 20.2. The molecule has 0 aliphatic heterocycles. The molecule has 0 bridgehead atoms. The normalized spacial score (nSPS) is 26.9. The summed E-state index contributed by atoms with van der Waals surface area (Å²) in [5.74, 6) is -2.16. The fourth-order valence-corrected chi connectivity index (χ4v) is 5.61. The van der Waals surface area contributed by atoms with Gasteiger partial charge in [0.1, 0.15) is 5.82 Å². The molecule has 0 radical (unpaired) electrons. The van der Waals surface area contributed by atoms with E-state index in [0.29, 0.717) is 17.4 Å². The van der Waals surface area contributed by atoms with Crippen LogP contribution < -0.4 is 0 Å². The molecule has 2 nitrogen and oxygen atoms in total. The number of hydrogen-bond donors (Lipinski definition) is 0. The van der Waals surface area contributed by atoms with Gasteiger partial charge in [-0.15, -0.1) is 0 Å². The second-order valence-corrected chi connectivity index (χ2v) is 8.73. The van der Waals surface area contributed by atoms with E-state index in [1.807, 2.05) is 0 Å². The Bertz CT molecular complexity index is 940. The van der Waals surface area contributed by atoms with Crippen molar-refractivity contribution >= 4 is 16.7 Å². The Balaban J connectivity index is 1.67. The van der Waals surface area contributed by atoms with E-state index in [0.717, 1.165) is 38.7 Å². The molecule has 5 heteroatoms. The van der Waals surface area contributed by atoms with E-state index in [2.05, 4.69) is 11.7 Å². The summed E-state index contributed by atoms with van der Waals surface area (Å²) in [6, 6.07) is 4.31. The van der Waals surface area contributed by atoms with Crippen LogP contribution in [0.5, 0.6) is 0 Å². The molecule has 2 aromatic rings. The van der Waals surface area contributed by atoms with Crippen molar-refractivity contribution < 1.29 is 22.7 Å². The van der Waals surface area contributed by atoms with Gasteiger partial charge in [-0.25, -0.2) is 18.0 Å². The van der Waals surface area contributed by atoms with Crippen LogP contribution in [0, 0.1) is 35.2 Å². The molecule has 2 fully saturated rings. The second-order valence-electron chi connectivity index (χ2n) is 8.73. The number of carbonyl (C=O) groups is 1. The number of halogens is 3.